The van der Waals surface area contributed by atoms with Crippen LogP contribution >= 0.6 is 0 Å². The van der Waals surface area contributed by atoms with Gasteiger partial charge in [-0.05, 0) is 13.0 Å². The number of imidazole rings is 1. The van der Waals surface area contributed by atoms with Crippen molar-refractivity contribution in [3.8, 4) is 0 Å². The number of rotatable bonds is 6. The molecular weight excluding hydrogens is 300 g/mol. The number of fused-ring (bicyclic) bond motifs is 1. The number of nitrogens with one attached hydrogen (secondary N) is 1. The summed E-state index contributed by atoms with van der Waals surface area (Å²) in [5, 5.41) is 23.7. The van der Waals surface area contributed by atoms with E-state index in [2.05, 4.69) is 27.2 Å². The number of unbranched alkanes of at least 4 members (excludes halogenated alkanes) is 1. The quantitative estimate of drug-likeness (QED) is 0.519. The van der Waals surface area contributed by atoms with E-state index in [-0.39, 0.29) is 5.82 Å². The second-order valence-electron chi connectivity index (χ2n) is 5.69. The highest BCUT2D eigenvalue weighted by molar-refractivity contribution is 5.81. The molecule has 0 bridgehead atoms. The Hall–Kier alpha value is -1.81. The Labute approximate surface area is 133 Å². The zero-order valence-electron chi connectivity index (χ0n) is 13.0. The van der Waals surface area contributed by atoms with Crippen LogP contribution in [-0.2, 0) is 4.74 Å². The maximum absolute atomic E-state index is 10.3. The maximum atomic E-state index is 10.3. The average Bonchev–Trinajstić information content (AvgIpc) is 3.09. The van der Waals surface area contributed by atoms with Gasteiger partial charge in [-0.2, -0.15) is 0 Å². The third kappa shape index (κ3) is 3.00. The predicted octanol–water partition coefficient (Wildman–Crippen LogP) is -0.583. The third-order valence-corrected chi connectivity index (χ3v) is 4.05. The van der Waals surface area contributed by atoms with Gasteiger partial charge in [0, 0.05) is 6.54 Å². The van der Waals surface area contributed by atoms with Gasteiger partial charge in [0.05, 0.1) is 6.33 Å². The number of aliphatic hydroxyl groups is 2. The van der Waals surface area contributed by atoms with Gasteiger partial charge in [0.25, 0.3) is 0 Å². The molecule has 5 N–H and O–H groups in total. The molecule has 0 unspecified atom stereocenters. The first-order valence-corrected chi connectivity index (χ1v) is 7.78. The van der Waals surface area contributed by atoms with Crippen molar-refractivity contribution < 1.29 is 14.9 Å². The largest absolute Gasteiger partial charge is 0.387 e. The van der Waals surface area contributed by atoms with E-state index in [0.717, 1.165) is 19.4 Å². The SMILES string of the molecule is CCCCNC[C@H]1O[C@@H](n2cnc3c(N)ncnc32)[C@H](O)[C@@H]1O. The number of nitrogen functional groups attached to an aromatic ring is 1. The number of hydrogen-bond donors (Lipinski definition) is 4. The van der Waals surface area contributed by atoms with Crippen molar-refractivity contribution in [1.82, 2.24) is 24.8 Å². The van der Waals surface area contributed by atoms with E-state index in [1.54, 1.807) is 4.57 Å². The molecule has 1 fully saturated rings. The molecule has 3 rings (SSSR count). The lowest BCUT2D eigenvalue weighted by atomic mass is 10.1. The molecule has 2 aromatic rings. The molecule has 9 heteroatoms. The Bertz CT molecular complexity index is 663. The van der Waals surface area contributed by atoms with Gasteiger partial charge in [-0.3, -0.25) is 4.57 Å². The van der Waals surface area contributed by atoms with Crippen molar-refractivity contribution >= 4 is 17.0 Å². The van der Waals surface area contributed by atoms with Crippen LogP contribution in [0, 0.1) is 0 Å². The van der Waals surface area contributed by atoms with Gasteiger partial charge >= 0.3 is 0 Å². The zero-order chi connectivity index (χ0) is 16.4. The first kappa shape index (κ1) is 16.1. The van der Waals surface area contributed by atoms with Gasteiger partial charge in [0.2, 0.25) is 0 Å². The van der Waals surface area contributed by atoms with E-state index in [1.165, 1.54) is 12.7 Å². The van der Waals surface area contributed by atoms with Crippen LogP contribution in [0.2, 0.25) is 0 Å². The Balaban J connectivity index is 1.76. The monoisotopic (exact) mass is 322 g/mol. The minimum absolute atomic E-state index is 0.263. The molecule has 1 aliphatic rings. The number of hydrogen-bond acceptors (Lipinski definition) is 8. The van der Waals surface area contributed by atoms with Crippen LogP contribution in [-0.4, -0.2) is 61.1 Å². The molecule has 0 saturated carbocycles. The van der Waals surface area contributed by atoms with E-state index in [1.807, 2.05) is 0 Å². The van der Waals surface area contributed by atoms with Crippen LogP contribution < -0.4 is 11.1 Å². The third-order valence-electron chi connectivity index (χ3n) is 4.05. The fourth-order valence-electron chi connectivity index (χ4n) is 2.73. The topological polar surface area (TPSA) is 131 Å². The molecule has 126 valence electrons. The standard InChI is InChI=1S/C14H22N6O3/c1-2-3-4-16-5-8-10(21)11(22)14(23-8)20-7-19-9-12(15)17-6-18-13(9)20/h6-8,10-11,14,16,21-22H,2-5H2,1H3,(H2,15,17,18)/t8-,10-,11-,14-/m1/s1. The number of anilines is 1. The first-order valence-electron chi connectivity index (χ1n) is 7.78. The summed E-state index contributed by atoms with van der Waals surface area (Å²) in [7, 11) is 0. The molecule has 9 nitrogen and oxygen atoms in total. The number of nitrogens with zero attached hydrogens (tertiary/aromatic N) is 4. The Morgan fingerprint density at radius 1 is 1.30 bits per heavy atom. The Morgan fingerprint density at radius 3 is 2.91 bits per heavy atom. The van der Waals surface area contributed by atoms with Gasteiger partial charge < -0.3 is 26.0 Å². The molecule has 1 saturated heterocycles. The van der Waals surface area contributed by atoms with Gasteiger partial charge in [0.15, 0.2) is 17.7 Å². The maximum Gasteiger partial charge on any atom is 0.167 e. The number of aromatic nitrogens is 4. The van der Waals surface area contributed by atoms with Crippen molar-refractivity contribution in [2.45, 2.75) is 44.3 Å². The number of aliphatic hydroxyl groups excluding tert-OH is 2. The van der Waals surface area contributed by atoms with Crippen molar-refractivity contribution in [3.63, 3.8) is 0 Å². The van der Waals surface area contributed by atoms with Crippen molar-refractivity contribution in [3.05, 3.63) is 12.7 Å². The highest BCUT2D eigenvalue weighted by Crippen LogP contribution is 2.31. The van der Waals surface area contributed by atoms with E-state index >= 15 is 0 Å². The van der Waals surface area contributed by atoms with Crippen LogP contribution in [0.4, 0.5) is 5.82 Å². The lowest BCUT2D eigenvalue weighted by Crippen LogP contribution is -2.38. The second-order valence-corrected chi connectivity index (χ2v) is 5.69. The number of nitrogens with two attached hydrogens (primary N) is 1. The molecule has 0 amide bonds. The molecule has 23 heavy (non-hydrogen) atoms. The number of ether oxygens (including phenoxy) is 1. The Kier molecular flexibility index (Phi) is 4.71. The van der Waals surface area contributed by atoms with Gasteiger partial charge in [0.1, 0.15) is 30.2 Å². The molecule has 4 atom stereocenters. The molecule has 0 spiro atoms. The lowest BCUT2D eigenvalue weighted by molar-refractivity contribution is -0.0341. The van der Waals surface area contributed by atoms with Gasteiger partial charge in [-0.1, -0.05) is 13.3 Å². The average molecular weight is 322 g/mol. The van der Waals surface area contributed by atoms with E-state index in [9.17, 15) is 10.2 Å². The predicted molar refractivity (Wildman–Crippen MR) is 83.4 cm³/mol. The molecular formula is C14H22N6O3. The summed E-state index contributed by atoms with van der Waals surface area (Å²) in [5.41, 5.74) is 6.67. The van der Waals surface area contributed by atoms with Gasteiger partial charge in [-0.25, -0.2) is 15.0 Å². The fourth-order valence-corrected chi connectivity index (χ4v) is 2.73. The van der Waals surface area contributed by atoms with Crippen molar-refractivity contribution in [1.29, 1.82) is 0 Å². The van der Waals surface area contributed by atoms with Crippen LogP contribution in [0.25, 0.3) is 11.2 Å². The summed E-state index contributed by atoms with van der Waals surface area (Å²) in [5.74, 6) is 0.263. The van der Waals surface area contributed by atoms with E-state index < -0.39 is 24.5 Å². The van der Waals surface area contributed by atoms with E-state index in [4.69, 9.17) is 10.5 Å². The first-order chi connectivity index (χ1) is 11.1. The molecule has 2 aromatic heterocycles. The Morgan fingerprint density at radius 2 is 2.13 bits per heavy atom. The summed E-state index contributed by atoms with van der Waals surface area (Å²) in [6.45, 7) is 3.43. The minimum atomic E-state index is -1.07. The van der Waals surface area contributed by atoms with E-state index in [0.29, 0.717) is 17.7 Å². The molecule has 0 radical (unpaired) electrons. The highest BCUT2D eigenvalue weighted by atomic mass is 16.6. The van der Waals surface area contributed by atoms with Crippen molar-refractivity contribution in [2.75, 3.05) is 18.8 Å². The molecule has 0 aliphatic carbocycles. The van der Waals surface area contributed by atoms with Crippen LogP contribution in [0.15, 0.2) is 12.7 Å². The minimum Gasteiger partial charge on any atom is -0.387 e. The smallest absolute Gasteiger partial charge is 0.167 e. The molecule has 1 aliphatic heterocycles. The van der Waals surface area contributed by atoms with Crippen LogP contribution in [0.5, 0.6) is 0 Å². The zero-order valence-corrected chi connectivity index (χ0v) is 13.0. The summed E-state index contributed by atoms with van der Waals surface area (Å²) in [6.07, 6.45) is 1.66. The van der Waals surface area contributed by atoms with Gasteiger partial charge in [-0.15, -0.1) is 0 Å². The summed E-state index contributed by atoms with van der Waals surface area (Å²) < 4.78 is 7.39. The summed E-state index contributed by atoms with van der Waals surface area (Å²) in [6, 6.07) is 0. The molecule has 0 aromatic carbocycles. The highest BCUT2D eigenvalue weighted by Gasteiger charge is 2.44. The molecule has 3 heterocycles. The van der Waals surface area contributed by atoms with Crippen LogP contribution in [0.1, 0.15) is 26.0 Å². The van der Waals surface area contributed by atoms with Crippen LogP contribution in [0.3, 0.4) is 0 Å². The summed E-state index contributed by atoms with van der Waals surface area (Å²) >= 11 is 0. The second kappa shape index (κ2) is 6.75. The lowest BCUT2D eigenvalue weighted by Gasteiger charge is -2.16. The summed E-state index contributed by atoms with van der Waals surface area (Å²) in [4.78, 5) is 12.2. The van der Waals surface area contributed by atoms with Crippen molar-refractivity contribution in [2.24, 2.45) is 0 Å². The normalized spacial score (nSPS) is 27.8. The fraction of sp³-hybridized carbons (Fsp3) is 0.643.